The van der Waals surface area contributed by atoms with E-state index in [1.807, 2.05) is 35.2 Å². The van der Waals surface area contributed by atoms with Gasteiger partial charge in [0.1, 0.15) is 6.04 Å². The molecule has 6 N–H and O–H groups in total. The maximum absolute atomic E-state index is 11.8. The molecule has 1 aliphatic rings. The molecule has 1 saturated heterocycles. The molecule has 2 unspecified atom stereocenters. The number of aliphatic hydroxyl groups is 1. The number of aliphatic carboxylic acids is 4. The molecule has 0 aliphatic carbocycles. The highest BCUT2D eigenvalue weighted by molar-refractivity contribution is 5.74. The van der Waals surface area contributed by atoms with Crippen molar-refractivity contribution in [2.24, 2.45) is 0 Å². The maximum atomic E-state index is 11.8. The van der Waals surface area contributed by atoms with E-state index in [4.69, 9.17) is 0 Å². The minimum Gasteiger partial charge on any atom is -0.480 e. The first-order valence-electron chi connectivity index (χ1n) is 13.2. The van der Waals surface area contributed by atoms with E-state index in [-0.39, 0.29) is 39.1 Å². The third-order valence-electron chi connectivity index (χ3n) is 6.66. The second-order valence-corrected chi connectivity index (χ2v) is 9.95. The Morgan fingerprint density at radius 3 is 1.45 bits per heavy atom. The summed E-state index contributed by atoms with van der Waals surface area (Å²) in [5.74, 6) is -4.09. The predicted molar refractivity (Wildman–Crippen MR) is 144 cm³/mol. The summed E-state index contributed by atoms with van der Waals surface area (Å²) >= 11 is 0. The molecular weight excluding hydrogens is 526 g/mol. The Labute approximate surface area is 233 Å². The van der Waals surface area contributed by atoms with E-state index >= 15 is 0 Å². The van der Waals surface area contributed by atoms with Gasteiger partial charge < -0.3 is 30.8 Å². The van der Waals surface area contributed by atoms with Gasteiger partial charge in [-0.05, 0) is 12.0 Å². The normalized spacial score (nSPS) is 18.7. The van der Waals surface area contributed by atoms with Crippen LogP contribution in [0, 0.1) is 0 Å². The molecule has 0 amide bonds. The molecule has 1 fully saturated rings. The SMILES string of the molecule is O=C(O)CN1CCN(CC(=O)O)CCN(CC(O)CNC(Cc2ccccc2)C(=O)O)CCN(CC(=O)O)CC1. The van der Waals surface area contributed by atoms with Gasteiger partial charge in [0.25, 0.3) is 0 Å². The quantitative estimate of drug-likeness (QED) is 0.146. The topological polar surface area (TPSA) is 194 Å². The van der Waals surface area contributed by atoms with Crippen molar-refractivity contribution in [3.05, 3.63) is 35.9 Å². The zero-order valence-corrected chi connectivity index (χ0v) is 22.6. The highest BCUT2D eigenvalue weighted by atomic mass is 16.4. The first kappa shape index (κ1) is 33.1. The summed E-state index contributed by atoms with van der Waals surface area (Å²) in [5, 5.41) is 51.2. The Kier molecular flexibility index (Phi) is 14.5. The molecule has 1 aromatic carbocycles. The van der Waals surface area contributed by atoms with Crippen molar-refractivity contribution >= 4 is 23.9 Å². The van der Waals surface area contributed by atoms with Crippen LogP contribution in [0.15, 0.2) is 30.3 Å². The van der Waals surface area contributed by atoms with Crippen molar-refractivity contribution in [1.29, 1.82) is 0 Å². The van der Waals surface area contributed by atoms with Crippen molar-refractivity contribution in [3.8, 4) is 0 Å². The molecule has 0 aromatic heterocycles. The second kappa shape index (κ2) is 17.5. The molecule has 0 saturated carbocycles. The number of β-amino-alcohol motifs (C(OH)–C–C–N with tert-alkyl or cyclic N) is 1. The third kappa shape index (κ3) is 13.8. The monoisotopic (exact) mass is 567 g/mol. The van der Waals surface area contributed by atoms with Crippen molar-refractivity contribution < 1.29 is 44.7 Å². The lowest BCUT2D eigenvalue weighted by Gasteiger charge is -2.33. The Balaban J connectivity index is 2.06. The van der Waals surface area contributed by atoms with Crippen molar-refractivity contribution in [3.63, 3.8) is 0 Å². The van der Waals surface area contributed by atoms with Crippen LogP contribution in [0.1, 0.15) is 5.56 Å². The van der Waals surface area contributed by atoms with Crippen LogP contribution in [-0.4, -0.2) is 166 Å². The summed E-state index contributed by atoms with van der Waals surface area (Å²) in [6.45, 7) is 2.08. The molecule has 2 atom stereocenters. The van der Waals surface area contributed by atoms with Gasteiger partial charge in [-0.25, -0.2) is 0 Å². The number of aliphatic hydroxyl groups excluding tert-OH is 1. The van der Waals surface area contributed by atoms with Crippen molar-refractivity contribution in [1.82, 2.24) is 24.9 Å². The van der Waals surface area contributed by atoms with Crippen LogP contribution >= 0.6 is 0 Å². The van der Waals surface area contributed by atoms with E-state index in [1.54, 1.807) is 14.7 Å². The van der Waals surface area contributed by atoms with Crippen LogP contribution in [0.3, 0.4) is 0 Å². The maximum Gasteiger partial charge on any atom is 0.321 e. The van der Waals surface area contributed by atoms with E-state index in [0.717, 1.165) is 5.56 Å². The number of carboxylic acid groups (broad SMARTS) is 4. The van der Waals surface area contributed by atoms with Gasteiger partial charge in [0.2, 0.25) is 0 Å². The number of benzene rings is 1. The summed E-state index contributed by atoms with van der Waals surface area (Å²) in [5.41, 5.74) is 0.846. The van der Waals surface area contributed by atoms with Crippen LogP contribution < -0.4 is 5.32 Å². The Morgan fingerprint density at radius 1 is 0.675 bits per heavy atom. The number of rotatable bonds is 14. The Morgan fingerprint density at radius 2 is 1.07 bits per heavy atom. The van der Waals surface area contributed by atoms with Gasteiger partial charge in [-0.1, -0.05) is 30.3 Å². The summed E-state index contributed by atoms with van der Waals surface area (Å²) in [6.07, 6.45) is -0.683. The number of hydrogen-bond acceptors (Lipinski definition) is 10. The summed E-state index contributed by atoms with van der Waals surface area (Å²) in [6, 6.07) is 8.26. The summed E-state index contributed by atoms with van der Waals surface area (Å²) in [4.78, 5) is 52.9. The molecular formula is C26H41N5O9. The van der Waals surface area contributed by atoms with E-state index in [1.165, 1.54) is 0 Å². The van der Waals surface area contributed by atoms with E-state index in [0.29, 0.717) is 52.4 Å². The lowest BCUT2D eigenvalue weighted by molar-refractivity contribution is -0.140. The molecule has 0 spiro atoms. The molecule has 2 rings (SSSR count). The number of nitrogens with one attached hydrogen (secondary N) is 1. The lowest BCUT2D eigenvalue weighted by atomic mass is 10.1. The molecule has 0 bridgehead atoms. The molecule has 14 nitrogen and oxygen atoms in total. The second-order valence-electron chi connectivity index (χ2n) is 9.95. The van der Waals surface area contributed by atoms with Crippen LogP contribution in [0.2, 0.25) is 0 Å². The molecule has 0 radical (unpaired) electrons. The first-order valence-corrected chi connectivity index (χ1v) is 13.2. The molecule has 224 valence electrons. The first-order chi connectivity index (χ1) is 19.0. The third-order valence-corrected chi connectivity index (χ3v) is 6.66. The van der Waals surface area contributed by atoms with Gasteiger partial charge in [-0.3, -0.25) is 38.8 Å². The van der Waals surface area contributed by atoms with Crippen LogP contribution in [0.5, 0.6) is 0 Å². The van der Waals surface area contributed by atoms with Gasteiger partial charge >= 0.3 is 23.9 Å². The number of hydrogen-bond donors (Lipinski definition) is 6. The molecule has 1 heterocycles. The van der Waals surface area contributed by atoms with E-state index in [9.17, 15) is 44.7 Å². The van der Waals surface area contributed by atoms with Gasteiger partial charge in [0.15, 0.2) is 0 Å². The summed E-state index contributed by atoms with van der Waals surface area (Å²) in [7, 11) is 0. The predicted octanol–water partition coefficient (Wildman–Crippen LogP) is -1.89. The fourth-order valence-corrected chi connectivity index (χ4v) is 4.55. The fourth-order valence-electron chi connectivity index (χ4n) is 4.55. The minimum absolute atomic E-state index is 0.0160. The van der Waals surface area contributed by atoms with Crippen LogP contribution in [-0.2, 0) is 25.6 Å². The standard InChI is InChI=1S/C26H41N5O9/c32-21(15-27-22(26(39)40)14-20-4-2-1-3-5-20)16-28-6-8-29(17-23(33)34)10-12-31(19-25(37)38)13-11-30(9-7-28)18-24(35)36/h1-5,21-22,27,32H,6-19H2,(H,33,34)(H,35,36)(H,37,38)(H,39,40). The minimum atomic E-state index is -1.03. The van der Waals surface area contributed by atoms with Gasteiger partial charge in [-0.15, -0.1) is 0 Å². The van der Waals surface area contributed by atoms with Crippen molar-refractivity contribution in [2.45, 2.75) is 18.6 Å². The zero-order valence-electron chi connectivity index (χ0n) is 22.6. The van der Waals surface area contributed by atoms with Crippen LogP contribution in [0.25, 0.3) is 0 Å². The lowest BCUT2D eigenvalue weighted by Crippen LogP contribution is -2.50. The molecule has 1 aromatic rings. The van der Waals surface area contributed by atoms with Gasteiger partial charge in [0.05, 0.1) is 25.7 Å². The average molecular weight is 568 g/mol. The summed E-state index contributed by atoms with van der Waals surface area (Å²) < 4.78 is 0. The van der Waals surface area contributed by atoms with Gasteiger partial charge in [-0.2, -0.15) is 0 Å². The average Bonchev–Trinajstić information content (AvgIpc) is 2.87. The van der Waals surface area contributed by atoms with E-state index < -0.39 is 36.0 Å². The van der Waals surface area contributed by atoms with Crippen molar-refractivity contribution in [2.75, 3.05) is 85.1 Å². The Hall–Kier alpha value is -3.14. The zero-order chi connectivity index (χ0) is 29.5. The molecule has 14 heteroatoms. The number of carboxylic acids is 4. The smallest absolute Gasteiger partial charge is 0.321 e. The number of carbonyl (C=O) groups is 4. The Bertz CT molecular complexity index is 920. The fraction of sp³-hybridized carbons (Fsp3) is 0.615. The largest absolute Gasteiger partial charge is 0.480 e. The highest BCUT2D eigenvalue weighted by Gasteiger charge is 2.23. The molecule has 1 aliphatic heterocycles. The van der Waals surface area contributed by atoms with E-state index in [2.05, 4.69) is 5.32 Å². The van der Waals surface area contributed by atoms with Gasteiger partial charge in [0, 0.05) is 65.4 Å². The highest BCUT2D eigenvalue weighted by Crippen LogP contribution is 2.05. The van der Waals surface area contributed by atoms with Crippen LogP contribution in [0.4, 0.5) is 0 Å². The number of nitrogens with zero attached hydrogens (tertiary/aromatic N) is 4. The molecule has 40 heavy (non-hydrogen) atoms.